The highest BCUT2D eigenvalue weighted by molar-refractivity contribution is 9.13. The second-order valence-electron chi connectivity index (χ2n) is 1.57. The Bertz CT molecular complexity index is 251. The van der Waals surface area contributed by atoms with Gasteiger partial charge in [0.05, 0.1) is 10.5 Å². The quantitative estimate of drug-likeness (QED) is 0.629. The first-order valence-electron chi connectivity index (χ1n) is 2.29. The number of rotatable bonds is 1. The highest BCUT2D eigenvalue weighted by Gasteiger charge is 2.10. The van der Waals surface area contributed by atoms with Crippen molar-refractivity contribution in [3.05, 3.63) is 25.3 Å². The number of H-pyrrole nitrogens is 1. The fourth-order valence-corrected chi connectivity index (χ4v) is 1.12. The molecule has 4 nitrogen and oxygen atoms in total. The summed E-state index contributed by atoms with van der Waals surface area (Å²) in [6, 6.07) is 1.39. The van der Waals surface area contributed by atoms with E-state index in [4.69, 9.17) is 0 Å². The minimum absolute atomic E-state index is 0.0289. The standard InChI is InChI=1S/C4H2Br2N2O2/c5-2-1-3(8(9)10)7-4(2)6/h1,7H. The number of aromatic amines is 1. The van der Waals surface area contributed by atoms with E-state index in [1.807, 2.05) is 0 Å². The molecule has 0 spiro atoms. The van der Waals surface area contributed by atoms with Crippen molar-refractivity contribution in [2.24, 2.45) is 0 Å². The van der Waals surface area contributed by atoms with Gasteiger partial charge in [-0.2, -0.15) is 0 Å². The highest BCUT2D eigenvalue weighted by Crippen LogP contribution is 2.26. The van der Waals surface area contributed by atoms with Crippen LogP contribution in [0.15, 0.2) is 15.1 Å². The lowest BCUT2D eigenvalue weighted by molar-refractivity contribution is -0.389. The second kappa shape index (κ2) is 2.71. The average molecular weight is 270 g/mol. The molecule has 0 aliphatic heterocycles. The van der Waals surface area contributed by atoms with Crippen LogP contribution in [-0.2, 0) is 0 Å². The first-order valence-corrected chi connectivity index (χ1v) is 3.88. The van der Waals surface area contributed by atoms with Crippen LogP contribution in [-0.4, -0.2) is 9.91 Å². The van der Waals surface area contributed by atoms with Gasteiger partial charge in [-0.25, -0.2) is 4.98 Å². The fraction of sp³-hybridized carbons (Fsp3) is 0. The second-order valence-corrected chi connectivity index (χ2v) is 3.22. The van der Waals surface area contributed by atoms with E-state index in [9.17, 15) is 10.1 Å². The number of hydrogen-bond acceptors (Lipinski definition) is 2. The van der Waals surface area contributed by atoms with Crippen LogP contribution in [0.1, 0.15) is 0 Å². The van der Waals surface area contributed by atoms with Gasteiger partial charge in [-0.05, 0) is 36.8 Å². The maximum Gasteiger partial charge on any atom is 0.322 e. The summed E-state index contributed by atoms with van der Waals surface area (Å²) in [4.78, 5) is 12.1. The molecule has 10 heavy (non-hydrogen) atoms. The molecule has 6 heteroatoms. The van der Waals surface area contributed by atoms with Gasteiger partial charge in [0.1, 0.15) is 0 Å². The molecule has 1 aromatic heterocycles. The van der Waals surface area contributed by atoms with E-state index >= 15 is 0 Å². The van der Waals surface area contributed by atoms with Crippen molar-refractivity contribution in [2.75, 3.05) is 0 Å². The van der Waals surface area contributed by atoms with Gasteiger partial charge < -0.3 is 10.1 Å². The minimum Gasteiger partial charge on any atom is -0.358 e. The molecule has 1 rings (SSSR count). The van der Waals surface area contributed by atoms with Gasteiger partial charge in [-0.3, -0.25) is 0 Å². The Balaban J connectivity index is 3.10. The van der Waals surface area contributed by atoms with Crippen molar-refractivity contribution >= 4 is 37.7 Å². The average Bonchev–Trinajstić information content (AvgIpc) is 2.13. The molecule has 1 aromatic rings. The van der Waals surface area contributed by atoms with E-state index in [1.165, 1.54) is 6.07 Å². The molecule has 0 saturated carbocycles. The highest BCUT2D eigenvalue weighted by atomic mass is 79.9. The summed E-state index contributed by atoms with van der Waals surface area (Å²) in [5, 5.41) is 10.1. The summed E-state index contributed by atoms with van der Waals surface area (Å²) in [6.45, 7) is 0. The number of hydrogen-bond donors (Lipinski definition) is 1. The maximum atomic E-state index is 10.1. The van der Waals surface area contributed by atoms with Gasteiger partial charge in [-0.1, -0.05) is 0 Å². The minimum atomic E-state index is -0.491. The normalized spacial score (nSPS) is 9.80. The first kappa shape index (κ1) is 7.74. The zero-order valence-electron chi connectivity index (χ0n) is 4.60. The molecule has 0 radical (unpaired) electrons. The Morgan fingerprint density at radius 2 is 2.20 bits per heavy atom. The lowest BCUT2D eigenvalue weighted by Crippen LogP contribution is -1.85. The van der Waals surface area contributed by atoms with E-state index in [2.05, 4.69) is 36.8 Å². The van der Waals surface area contributed by atoms with Crippen molar-refractivity contribution in [2.45, 2.75) is 0 Å². The van der Waals surface area contributed by atoms with Crippen LogP contribution >= 0.6 is 31.9 Å². The first-order chi connectivity index (χ1) is 4.61. The Kier molecular flexibility index (Phi) is 2.10. The monoisotopic (exact) mass is 268 g/mol. The van der Waals surface area contributed by atoms with Gasteiger partial charge >= 0.3 is 5.82 Å². The molecule has 0 aromatic carbocycles. The SMILES string of the molecule is O=[N+]([O-])c1cc(Br)c(Br)[nH]1. The summed E-state index contributed by atoms with van der Waals surface area (Å²) < 4.78 is 1.23. The van der Waals surface area contributed by atoms with Crippen LogP contribution < -0.4 is 0 Å². The molecule has 0 aliphatic rings. The van der Waals surface area contributed by atoms with Crippen molar-refractivity contribution in [3.63, 3.8) is 0 Å². The molecule has 0 fully saturated rings. The molecule has 54 valence electrons. The Morgan fingerprint density at radius 3 is 2.40 bits per heavy atom. The van der Waals surface area contributed by atoms with Crippen LogP contribution in [0.25, 0.3) is 0 Å². The molecule has 0 aliphatic carbocycles. The van der Waals surface area contributed by atoms with Crippen molar-refractivity contribution in [1.29, 1.82) is 0 Å². The van der Waals surface area contributed by atoms with Crippen LogP contribution in [0.4, 0.5) is 5.82 Å². The predicted octanol–water partition coefficient (Wildman–Crippen LogP) is 2.45. The van der Waals surface area contributed by atoms with Gasteiger partial charge in [0.2, 0.25) is 0 Å². The lowest BCUT2D eigenvalue weighted by Gasteiger charge is -1.84. The predicted molar refractivity (Wildman–Crippen MR) is 42.8 cm³/mol. The molecule has 0 atom stereocenters. The number of nitrogens with zero attached hydrogens (tertiary/aromatic N) is 1. The molecular weight excluding hydrogens is 268 g/mol. The Morgan fingerprint density at radius 1 is 1.60 bits per heavy atom. The molecule has 0 saturated heterocycles. The van der Waals surface area contributed by atoms with E-state index in [1.54, 1.807) is 0 Å². The fourth-order valence-electron chi connectivity index (χ4n) is 0.490. The van der Waals surface area contributed by atoms with E-state index in [-0.39, 0.29) is 5.82 Å². The third kappa shape index (κ3) is 1.38. The largest absolute Gasteiger partial charge is 0.358 e. The van der Waals surface area contributed by atoms with Gasteiger partial charge in [0.15, 0.2) is 4.60 Å². The van der Waals surface area contributed by atoms with Gasteiger partial charge in [0, 0.05) is 0 Å². The van der Waals surface area contributed by atoms with Crippen molar-refractivity contribution in [1.82, 2.24) is 4.98 Å². The van der Waals surface area contributed by atoms with E-state index in [0.29, 0.717) is 9.08 Å². The third-order valence-corrected chi connectivity index (χ3v) is 2.69. The zero-order valence-corrected chi connectivity index (χ0v) is 7.77. The van der Waals surface area contributed by atoms with Crippen molar-refractivity contribution in [3.8, 4) is 0 Å². The summed E-state index contributed by atoms with van der Waals surface area (Å²) in [7, 11) is 0. The number of aromatic nitrogens is 1. The van der Waals surface area contributed by atoms with Crippen LogP contribution in [0, 0.1) is 10.1 Å². The zero-order chi connectivity index (χ0) is 7.72. The molecule has 0 bridgehead atoms. The summed E-state index contributed by atoms with van der Waals surface area (Å²) in [5.74, 6) is -0.0289. The van der Waals surface area contributed by atoms with Crippen molar-refractivity contribution < 1.29 is 4.92 Å². The Hall–Kier alpha value is -0.360. The lowest BCUT2D eigenvalue weighted by atomic mass is 10.6. The number of nitrogens with one attached hydrogen (secondary N) is 1. The number of nitro groups is 1. The Labute approximate surface area is 73.0 Å². The van der Waals surface area contributed by atoms with Crippen LogP contribution in [0.3, 0.4) is 0 Å². The van der Waals surface area contributed by atoms with E-state index < -0.39 is 4.92 Å². The molecule has 1 N–H and O–H groups in total. The molecular formula is C4H2Br2N2O2. The molecule has 1 heterocycles. The summed E-state index contributed by atoms with van der Waals surface area (Å²) in [5.41, 5.74) is 0. The molecule has 0 amide bonds. The van der Waals surface area contributed by atoms with Crippen LogP contribution in [0.5, 0.6) is 0 Å². The topological polar surface area (TPSA) is 58.9 Å². The molecule has 0 unspecified atom stereocenters. The van der Waals surface area contributed by atoms with Crippen LogP contribution in [0.2, 0.25) is 0 Å². The summed E-state index contributed by atoms with van der Waals surface area (Å²) in [6.07, 6.45) is 0. The smallest absolute Gasteiger partial charge is 0.322 e. The maximum absolute atomic E-state index is 10.1. The third-order valence-electron chi connectivity index (χ3n) is 0.908. The van der Waals surface area contributed by atoms with E-state index in [0.717, 1.165) is 0 Å². The summed E-state index contributed by atoms with van der Waals surface area (Å²) >= 11 is 6.18. The van der Waals surface area contributed by atoms with Gasteiger partial charge in [-0.15, -0.1) is 0 Å². The van der Waals surface area contributed by atoms with Gasteiger partial charge in [0.25, 0.3) is 0 Å². The number of halogens is 2.